The highest BCUT2D eigenvalue weighted by Gasteiger charge is 2.34. The Hall–Kier alpha value is -2.54. The van der Waals surface area contributed by atoms with E-state index in [-0.39, 0.29) is 11.7 Å². The van der Waals surface area contributed by atoms with Crippen LogP contribution in [0.4, 0.5) is 9.52 Å². The second-order valence-electron chi connectivity index (χ2n) is 6.92. The van der Waals surface area contributed by atoms with Gasteiger partial charge in [-0.15, -0.1) is 11.3 Å². The van der Waals surface area contributed by atoms with Crippen LogP contribution in [-0.4, -0.2) is 16.9 Å². The van der Waals surface area contributed by atoms with E-state index in [9.17, 15) is 19.1 Å². The highest BCUT2D eigenvalue weighted by Crippen LogP contribution is 2.36. The molecule has 1 N–H and O–H groups in total. The summed E-state index contributed by atoms with van der Waals surface area (Å²) in [4.78, 5) is 29.5. The van der Waals surface area contributed by atoms with Crippen molar-refractivity contribution in [2.45, 2.75) is 33.6 Å². The van der Waals surface area contributed by atoms with E-state index in [1.54, 1.807) is 12.1 Å². The molecule has 1 amide bonds. The molecule has 0 spiro atoms. The van der Waals surface area contributed by atoms with Crippen LogP contribution in [0.2, 0.25) is 0 Å². The summed E-state index contributed by atoms with van der Waals surface area (Å²) in [5, 5.41) is 14.6. The number of aromatic nitrogens is 1. The SMILES string of the molecule is CC1=C(C)C[C@H](C(=O)Nc2nc(-c3ccc(F)cc3)c(C)s2)[C@@H](C(=O)[O-])C1. The molecule has 1 heterocycles. The Morgan fingerprint density at radius 1 is 1.11 bits per heavy atom. The number of anilines is 1. The number of rotatable bonds is 4. The third kappa shape index (κ3) is 4.08. The minimum Gasteiger partial charge on any atom is -0.550 e. The van der Waals surface area contributed by atoms with Crippen LogP contribution >= 0.6 is 11.3 Å². The fraction of sp³-hybridized carbons (Fsp3) is 0.350. The molecular weight excluding hydrogens is 367 g/mol. The minimum absolute atomic E-state index is 0.323. The average Bonchev–Trinajstić information content (AvgIpc) is 2.97. The van der Waals surface area contributed by atoms with Crippen LogP contribution in [0.15, 0.2) is 35.4 Å². The Bertz CT molecular complexity index is 918. The summed E-state index contributed by atoms with van der Waals surface area (Å²) in [6.07, 6.45) is 0.718. The van der Waals surface area contributed by atoms with E-state index >= 15 is 0 Å². The van der Waals surface area contributed by atoms with Crippen LogP contribution in [0, 0.1) is 24.6 Å². The molecule has 1 aliphatic carbocycles. The number of amides is 1. The van der Waals surface area contributed by atoms with E-state index < -0.39 is 17.8 Å². The summed E-state index contributed by atoms with van der Waals surface area (Å²) in [7, 11) is 0. The van der Waals surface area contributed by atoms with Crippen molar-refractivity contribution < 1.29 is 19.1 Å². The van der Waals surface area contributed by atoms with E-state index in [0.29, 0.717) is 23.7 Å². The normalized spacial score (nSPS) is 19.9. The Labute approximate surface area is 161 Å². The van der Waals surface area contributed by atoms with Crippen molar-refractivity contribution in [3.63, 3.8) is 0 Å². The van der Waals surface area contributed by atoms with Gasteiger partial charge in [-0.05, 0) is 57.9 Å². The third-order valence-corrected chi connectivity index (χ3v) is 5.94. The Morgan fingerprint density at radius 3 is 2.30 bits per heavy atom. The molecule has 2 atom stereocenters. The fourth-order valence-electron chi connectivity index (χ4n) is 3.34. The lowest BCUT2D eigenvalue weighted by Crippen LogP contribution is -2.42. The molecule has 1 aromatic carbocycles. The highest BCUT2D eigenvalue weighted by atomic mass is 32.1. The maximum absolute atomic E-state index is 13.1. The second-order valence-corrected chi connectivity index (χ2v) is 8.12. The van der Waals surface area contributed by atoms with Gasteiger partial charge in [0.2, 0.25) is 5.91 Å². The Morgan fingerprint density at radius 2 is 1.70 bits per heavy atom. The van der Waals surface area contributed by atoms with Gasteiger partial charge >= 0.3 is 0 Å². The predicted octanol–water partition coefficient (Wildman–Crippen LogP) is 3.31. The van der Waals surface area contributed by atoms with Gasteiger partial charge in [-0.25, -0.2) is 9.37 Å². The number of halogens is 1. The van der Waals surface area contributed by atoms with Crippen LogP contribution in [0.25, 0.3) is 11.3 Å². The van der Waals surface area contributed by atoms with E-state index in [2.05, 4.69) is 10.3 Å². The lowest BCUT2D eigenvalue weighted by molar-refractivity contribution is -0.313. The van der Waals surface area contributed by atoms with Gasteiger partial charge in [0.05, 0.1) is 11.6 Å². The van der Waals surface area contributed by atoms with Gasteiger partial charge in [-0.2, -0.15) is 0 Å². The standard InChI is InChI=1S/C20H21FN2O3S/c1-10-8-15(16(19(25)26)9-11(10)2)18(24)23-20-22-17(12(3)27-20)13-4-6-14(21)7-5-13/h4-7,15-16H,8-9H2,1-3H3,(H,25,26)(H,22,23,24)/p-1/t15-,16-/m0/s1. The minimum atomic E-state index is -1.20. The first kappa shape index (κ1) is 19.2. The number of hydrogen-bond donors (Lipinski definition) is 1. The summed E-state index contributed by atoms with van der Waals surface area (Å²) in [6.45, 7) is 5.67. The largest absolute Gasteiger partial charge is 0.550 e. The number of benzene rings is 1. The Kier molecular flexibility index (Phi) is 5.41. The zero-order valence-electron chi connectivity index (χ0n) is 15.3. The molecule has 7 heteroatoms. The van der Waals surface area contributed by atoms with Crippen LogP contribution in [-0.2, 0) is 9.59 Å². The molecule has 27 heavy (non-hydrogen) atoms. The first-order valence-electron chi connectivity index (χ1n) is 8.66. The maximum atomic E-state index is 13.1. The molecule has 3 rings (SSSR count). The van der Waals surface area contributed by atoms with Crippen molar-refractivity contribution in [1.82, 2.24) is 4.98 Å². The smallest absolute Gasteiger partial charge is 0.230 e. The van der Waals surface area contributed by atoms with Crippen molar-refractivity contribution in [3.05, 3.63) is 46.1 Å². The predicted molar refractivity (Wildman–Crippen MR) is 100 cm³/mol. The molecule has 2 aromatic rings. The van der Waals surface area contributed by atoms with Crippen molar-refractivity contribution in [2.75, 3.05) is 5.32 Å². The molecule has 1 aromatic heterocycles. The van der Waals surface area contributed by atoms with Gasteiger partial charge in [0, 0.05) is 22.3 Å². The summed E-state index contributed by atoms with van der Waals surface area (Å²) in [6, 6.07) is 5.98. The van der Waals surface area contributed by atoms with E-state index in [1.807, 2.05) is 20.8 Å². The highest BCUT2D eigenvalue weighted by molar-refractivity contribution is 7.16. The number of nitrogens with zero attached hydrogens (tertiary/aromatic N) is 1. The first-order valence-corrected chi connectivity index (χ1v) is 9.48. The molecule has 1 aliphatic rings. The van der Waals surface area contributed by atoms with E-state index in [1.165, 1.54) is 23.5 Å². The lowest BCUT2D eigenvalue weighted by atomic mass is 9.76. The zero-order chi connectivity index (χ0) is 19.7. The van der Waals surface area contributed by atoms with Gasteiger partial charge in [-0.1, -0.05) is 11.1 Å². The van der Waals surface area contributed by atoms with Gasteiger partial charge < -0.3 is 15.2 Å². The number of thiazole rings is 1. The molecule has 0 radical (unpaired) electrons. The number of allylic oxidation sites excluding steroid dienone is 2. The summed E-state index contributed by atoms with van der Waals surface area (Å²) in [5.41, 5.74) is 3.46. The van der Waals surface area contributed by atoms with Gasteiger partial charge in [-0.3, -0.25) is 4.79 Å². The molecule has 0 unspecified atom stereocenters. The van der Waals surface area contributed by atoms with Crippen molar-refractivity contribution in [2.24, 2.45) is 11.8 Å². The number of carboxylic acid groups (broad SMARTS) is 1. The molecule has 0 aliphatic heterocycles. The average molecular weight is 387 g/mol. The molecule has 0 fully saturated rings. The topological polar surface area (TPSA) is 82.1 Å². The number of carbonyl (C=O) groups excluding carboxylic acids is 2. The Balaban J connectivity index is 1.81. The molecule has 0 saturated heterocycles. The third-order valence-electron chi connectivity index (χ3n) is 5.05. The van der Waals surface area contributed by atoms with Crippen LogP contribution in [0.3, 0.4) is 0 Å². The lowest BCUT2D eigenvalue weighted by Gasteiger charge is -2.32. The molecule has 5 nitrogen and oxygen atoms in total. The molecule has 0 bridgehead atoms. The number of hydrogen-bond acceptors (Lipinski definition) is 5. The first-order chi connectivity index (χ1) is 12.8. The number of carboxylic acids is 1. The summed E-state index contributed by atoms with van der Waals surface area (Å²) < 4.78 is 13.1. The van der Waals surface area contributed by atoms with Crippen LogP contribution < -0.4 is 10.4 Å². The number of aryl methyl sites for hydroxylation is 1. The second kappa shape index (κ2) is 7.60. The van der Waals surface area contributed by atoms with Crippen molar-refractivity contribution in [3.8, 4) is 11.3 Å². The van der Waals surface area contributed by atoms with Crippen LogP contribution in [0.5, 0.6) is 0 Å². The quantitative estimate of drug-likeness (QED) is 0.816. The fourth-order valence-corrected chi connectivity index (χ4v) is 4.18. The summed E-state index contributed by atoms with van der Waals surface area (Å²) in [5.74, 6) is -3.42. The van der Waals surface area contributed by atoms with Crippen molar-refractivity contribution >= 4 is 28.3 Å². The molecule has 0 saturated carbocycles. The maximum Gasteiger partial charge on any atom is 0.230 e. The van der Waals surface area contributed by atoms with E-state index in [0.717, 1.165) is 21.6 Å². The van der Waals surface area contributed by atoms with Crippen LogP contribution in [0.1, 0.15) is 31.6 Å². The number of nitrogens with one attached hydrogen (secondary N) is 1. The zero-order valence-corrected chi connectivity index (χ0v) is 16.2. The number of aliphatic carboxylic acids is 1. The molecule has 142 valence electrons. The van der Waals surface area contributed by atoms with Gasteiger partial charge in [0.25, 0.3) is 0 Å². The van der Waals surface area contributed by atoms with Crippen molar-refractivity contribution in [1.29, 1.82) is 0 Å². The number of carbonyl (C=O) groups is 2. The molecular formula is C20H20FN2O3S-. The monoisotopic (exact) mass is 387 g/mol. The van der Waals surface area contributed by atoms with E-state index in [4.69, 9.17) is 0 Å². The summed E-state index contributed by atoms with van der Waals surface area (Å²) >= 11 is 1.30. The van der Waals surface area contributed by atoms with Gasteiger partial charge in [0.1, 0.15) is 5.82 Å². The van der Waals surface area contributed by atoms with Gasteiger partial charge in [0.15, 0.2) is 5.13 Å².